The van der Waals surface area contributed by atoms with Gasteiger partial charge in [-0.25, -0.2) is 0 Å². The molecule has 0 spiro atoms. The van der Waals surface area contributed by atoms with Crippen LogP contribution in [0.1, 0.15) is 39.0 Å². The Morgan fingerprint density at radius 3 is 2.81 bits per heavy atom. The van der Waals surface area contributed by atoms with E-state index in [1.807, 2.05) is 11.8 Å². The van der Waals surface area contributed by atoms with Crippen LogP contribution in [-0.2, 0) is 4.79 Å². The molecule has 1 saturated carbocycles. The molecular formula is C19H26F3N3O2. The number of halogens is 3. The Labute approximate surface area is 157 Å². The highest BCUT2D eigenvalue weighted by Gasteiger charge is 2.39. The van der Waals surface area contributed by atoms with Gasteiger partial charge in [0, 0.05) is 36.4 Å². The van der Waals surface area contributed by atoms with E-state index in [0.717, 1.165) is 32.1 Å². The van der Waals surface area contributed by atoms with Crippen molar-refractivity contribution in [1.29, 1.82) is 0 Å². The number of nitrogens with zero attached hydrogens (tertiary/aromatic N) is 1. The standard InChI is InChI=1S/C19H26F3N3O2/c1-18(23)9-3-2-7-16(18)17(26)24-13-8-10-25(12-13)14-5-4-6-15(11-14)27-19(20,21)22/h4-6,11,13,16H,2-3,7-10,12,23H2,1H3,(H,24,26). The Hall–Kier alpha value is -1.96. The van der Waals surface area contributed by atoms with Gasteiger partial charge in [0.2, 0.25) is 5.91 Å². The van der Waals surface area contributed by atoms with Gasteiger partial charge in [-0.2, -0.15) is 0 Å². The lowest BCUT2D eigenvalue weighted by molar-refractivity contribution is -0.274. The lowest BCUT2D eigenvalue weighted by atomic mass is 9.74. The van der Waals surface area contributed by atoms with Crippen LogP contribution in [0.3, 0.4) is 0 Å². The lowest BCUT2D eigenvalue weighted by Gasteiger charge is -2.37. The van der Waals surface area contributed by atoms with Gasteiger partial charge in [0.15, 0.2) is 0 Å². The number of carbonyl (C=O) groups is 1. The molecule has 1 amide bonds. The highest BCUT2D eigenvalue weighted by molar-refractivity contribution is 5.80. The quantitative estimate of drug-likeness (QED) is 0.835. The normalized spacial score (nSPS) is 28.9. The zero-order valence-corrected chi connectivity index (χ0v) is 15.4. The molecule has 1 saturated heterocycles. The molecule has 5 nitrogen and oxygen atoms in total. The van der Waals surface area contributed by atoms with Crippen molar-refractivity contribution < 1.29 is 22.7 Å². The number of amides is 1. The van der Waals surface area contributed by atoms with E-state index in [1.165, 1.54) is 18.2 Å². The summed E-state index contributed by atoms with van der Waals surface area (Å²) in [5.41, 5.74) is 6.47. The molecule has 3 N–H and O–H groups in total. The summed E-state index contributed by atoms with van der Waals surface area (Å²) in [6.07, 6.45) is -0.281. The molecule has 8 heteroatoms. The Morgan fingerprint density at radius 1 is 1.33 bits per heavy atom. The molecule has 1 aliphatic heterocycles. The average Bonchev–Trinajstić information content (AvgIpc) is 3.01. The first-order valence-corrected chi connectivity index (χ1v) is 9.34. The third kappa shape index (κ3) is 5.06. The molecule has 0 radical (unpaired) electrons. The molecule has 3 unspecified atom stereocenters. The third-order valence-electron chi connectivity index (χ3n) is 5.52. The maximum atomic E-state index is 12.7. The van der Waals surface area contributed by atoms with Crippen LogP contribution >= 0.6 is 0 Å². The number of alkyl halides is 3. The predicted molar refractivity (Wildman–Crippen MR) is 96.4 cm³/mol. The van der Waals surface area contributed by atoms with E-state index < -0.39 is 11.9 Å². The monoisotopic (exact) mass is 385 g/mol. The van der Waals surface area contributed by atoms with Crippen LogP contribution in [0, 0.1) is 5.92 Å². The number of carbonyl (C=O) groups excluding carboxylic acids is 1. The number of hydrogen-bond acceptors (Lipinski definition) is 4. The molecule has 150 valence electrons. The minimum Gasteiger partial charge on any atom is -0.406 e. The van der Waals surface area contributed by atoms with E-state index in [0.29, 0.717) is 18.8 Å². The van der Waals surface area contributed by atoms with Crippen molar-refractivity contribution in [3.05, 3.63) is 24.3 Å². The summed E-state index contributed by atoms with van der Waals surface area (Å²) < 4.78 is 41.2. The molecule has 3 rings (SSSR count). The second-order valence-corrected chi connectivity index (χ2v) is 7.79. The zero-order chi connectivity index (χ0) is 19.7. The molecule has 1 heterocycles. The van der Waals surface area contributed by atoms with Crippen molar-refractivity contribution >= 4 is 11.6 Å². The first kappa shape index (κ1) is 19.8. The van der Waals surface area contributed by atoms with E-state index in [1.54, 1.807) is 6.07 Å². The fourth-order valence-electron chi connectivity index (χ4n) is 4.08. The molecule has 3 atom stereocenters. The van der Waals surface area contributed by atoms with Gasteiger partial charge in [0.05, 0.1) is 5.92 Å². The third-order valence-corrected chi connectivity index (χ3v) is 5.52. The van der Waals surface area contributed by atoms with Gasteiger partial charge in [-0.3, -0.25) is 4.79 Å². The van der Waals surface area contributed by atoms with Crippen LogP contribution in [0.5, 0.6) is 5.75 Å². The maximum Gasteiger partial charge on any atom is 0.573 e. The summed E-state index contributed by atoms with van der Waals surface area (Å²) >= 11 is 0. The Kier molecular flexibility index (Phi) is 5.55. The number of benzene rings is 1. The van der Waals surface area contributed by atoms with Gasteiger partial charge in [0.1, 0.15) is 5.75 Å². The van der Waals surface area contributed by atoms with E-state index in [9.17, 15) is 18.0 Å². The first-order chi connectivity index (χ1) is 12.6. The average molecular weight is 385 g/mol. The highest BCUT2D eigenvalue weighted by atomic mass is 19.4. The van der Waals surface area contributed by atoms with Crippen molar-refractivity contribution in [3.63, 3.8) is 0 Å². The minimum atomic E-state index is -4.71. The fourth-order valence-corrected chi connectivity index (χ4v) is 4.08. The SMILES string of the molecule is CC1(N)CCCCC1C(=O)NC1CCN(c2cccc(OC(F)(F)F)c2)C1. The van der Waals surface area contributed by atoms with Gasteiger partial charge in [-0.15, -0.1) is 13.2 Å². The van der Waals surface area contributed by atoms with Gasteiger partial charge in [-0.1, -0.05) is 18.9 Å². The van der Waals surface area contributed by atoms with E-state index in [4.69, 9.17) is 5.73 Å². The maximum absolute atomic E-state index is 12.7. The van der Waals surface area contributed by atoms with Crippen LogP contribution in [0.15, 0.2) is 24.3 Å². The largest absolute Gasteiger partial charge is 0.573 e. The number of nitrogens with one attached hydrogen (secondary N) is 1. The highest BCUT2D eigenvalue weighted by Crippen LogP contribution is 2.32. The predicted octanol–water partition coefficient (Wildman–Crippen LogP) is 3.19. The lowest BCUT2D eigenvalue weighted by Crippen LogP contribution is -2.54. The second kappa shape index (κ2) is 7.58. The number of ether oxygens (including phenoxy) is 1. The van der Waals surface area contributed by atoms with Crippen molar-refractivity contribution in [2.24, 2.45) is 11.7 Å². The molecule has 1 aromatic rings. The van der Waals surface area contributed by atoms with Crippen molar-refractivity contribution in [2.75, 3.05) is 18.0 Å². The van der Waals surface area contributed by atoms with Crippen LogP contribution in [0.25, 0.3) is 0 Å². The molecule has 1 aliphatic carbocycles. The second-order valence-electron chi connectivity index (χ2n) is 7.79. The van der Waals surface area contributed by atoms with Gasteiger partial charge >= 0.3 is 6.36 Å². The number of nitrogens with two attached hydrogens (primary N) is 1. The molecule has 2 aliphatic rings. The summed E-state index contributed by atoms with van der Waals surface area (Å²) in [6.45, 7) is 3.14. The first-order valence-electron chi connectivity index (χ1n) is 9.34. The minimum absolute atomic E-state index is 0.0132. The summed E-state index contributed by atoms with van der Waals surface area (Å²) in [7, 11) is 0. The van der Waals surface area contributed by atoms with Crippen molar-refractivity contribution in [3.8, 4) is 5.75 Å². The number of hydrogen-bond donors (Lipinski definition) is 2. The molecule has 0 bridgehead atoms. The van der Waals surface area contributed by atoms with E-state index in [2.05, 4.69) is 10.1 Å². The summed E-state index contributed by atoms with van der Waals surface area (Å²) in [6, 6.07) is 5.88. The fraction of sp³-hybridized carbons (Fsp3) is 0.632. The number of anilines is 1. The molecular weight excluding hydrogens is 359 g/mol. The molecule has 0 aromatic heterocycles. The zero-order valence-electron chi connectivity index (χ0n) is 15.4. The van der Waals surface area contributed by atoms with E-state index in [-0.39, 0.29) is 23.6 Å². The summed E-state index contributed by atoms with van der Waals surface area (Å²) in [5, 5.41) is 3.08. The van der Waals surface area contributed by atoms with Gasteiger partial charge in [-0.05, 0) is 38.3 Å². The number of rotatable bonds is 4. The van der Waals surface area contributed by atoms with Crippen molar-refractivity contribution in [1.82, 2.24) is 5.32 Å². The summed E-state index contributed by atoms with van der Waals surface area (Å²) in [4.78, 5) is 14.6. The topological polar surface area (TPSA) is 67.6 Å². The Balaban J connectivity index is 1.59. The van der Waals surface area contributed by atoms with Crippen LogP contribution < -0.4 is 20.7 Å². The molecule has 1 aromatic carbocycles. The van der Waals surface area contributed by atoms with Gasteiger partial charge < -0.3 is 20.7 Å². The van der Waals surface area contributed by atoms with E-state index >= 15 is 0 Å². The van der Waals surface area contributed by atoms with Crippen LogP contribution in [-0.4, -0.2) is 36.9 Å². The Bertz CT molecular complexity index is 678. The summed E-state index contributed by atoms with van der Waals surface area (Å²) in [5.74, 6) is -0.446. The smallest absolute Gasteiger partial charge is 0.406 e. The van der Waals surface area contributed by atoms with Gasteiger partial charge in [0.25, 0.3) is 0 Å². The molecule has 27 heavy (non-hydrogen) atoms. The van der Waals surface area contributed by atoms with Crippen LogP contribution in [0.4, 0.5) is 18.9 Å². The van der Waals surface area contributed by atoms with Crippen LogP contribution in [0.2, 0.25) is 0 Å². The molecule has 2 fully saturated rings. The van der Waals surface area contributed by atoms with Crippen molar-refractivity contribution in [2.45, 2.75) is 57.0 Å². The Morgan fingerprint density at radius 2 is 2.11 bits per heavy atom.